The van der Waals surface area contributed by atoms with E-state index in [1.165, 1.54) is 0 Å². The number of para-hydroxylation sites is 1. The summed E-state index contributed by atoms with van der Waals surface area (Å²) in [5.41, 5.74) is 0.574. The van der Waals surface area contributed by atoms with Crippen molar-refractivity contribution in [2.24, 2.45) is 0 Å². The molecule has 6 nitrogen and oxygen atoms in total. The summed E-state index contributed by atoms with van der Waals surface area (Å²) in [4.78, 5) is 28.2. The number of rotatable bonds is 4. The molecule has 0 aromatic heterocycles. The monoisotopic (exact) mass is 415 g/mol. The van der Waals surface area contributed by atoms with Crippen LogP contribution in [0.25, 0.3) is 0 Å². The lowest BCUT2D eigenvalue weighted by molar-refractivity contribution is -0.132. The van der Waals surface area contributed by atoms with Crippen LogP contribution < -0.4 is 4.90 Å². The zero-order valence-corrected chi connectivity index (χ0v) is 16.5. The third-order valence-corrected chi connectivity index (χ3v) is 6.24. The summed E-state index contributed by atoms with van der Waals surface area (Å²) in [6.07, 6.45) is 4.50. The zero-order valence-electron chi connectivity index (χ0n) is 14.1. The summed E-state index contributed by atoms with van der Waals surface area (Å²) >= 11 is 7.83. The van der Waals surface area contributed by atoms with Crippen molar-refractivity contribution < 1.29 is 14.7 Å². The fourth-order valence-electron chi connectivity index (χ4n) is 2.52. The Labute approximate surface area is 169 Å². The van der Waals surface area contributed by atoms with Gasteiger partial charge in [-0.15, -0.1) is 0 Å². The lowest BCUT2D eigenvalue weighted by Gasteiger charge is -2.17. The third-order valence-electron chi connectivity index (χ3n) is 3.76. The van der Waals surface area contributed by atoms with Crippen molar-refractivity contribution in [3.8, 4) is 6.07 Å². The van der Waals surface area contributed by atoms with Crippen LogP contribution in [-0.2, 0) is 9.59 Å². The van der Waals surface area contributed by atoms with Crippen LogP contribution in [0.3, 0.4) is 0 Å². The molecule has 1 amide bonds. The molecule has 2 heterocycles. The van der Waals surface area contributed by atoms with Gasteiger partial charge in [0.1, 0.15) is 6.07 Å². The molecule has 3 rings (SSSR count). The van der Waals surface area contributed by atoms with Gasteiger partial charge in [0, 0.05) is 17.6 Å². The van der Waals surface area contributed by atoms with Crippen LogP contribution in [0.15, 0.2) is 63.0 Å². The normalized spacial score (nSPS) is 19.8. The number of anilines is 1. The van der Waals surface area contributed by atoms with Gasteiger partial charge in [0.25, 0.3) is 5.91 Å². The quantitative estimate of drug-likeness (QED) is 0.453. The van der Waals surface area contributed by atoms with E-state index in [0.29, 0.717) is 4.91 Å². The number of carbonyl (C=O) groups excluding carboxylic acids is 1. The predicted octanol–water partition coefficient (Wildman–Crippen LogP) is 3.70. The molecule has 0 aliphatic carbocycles. The molecule has 2 aliphatic heterocycles. The van der Waals surface area contributed by atoms with Crippen molar-refractivity contribution in [3.63, 3.8) is 0 Å². The second-order valence-corrected chi connectivity index (χ2v) is 8.09. The number of nitrogens with zero attached hydrogens (tertiary/aromatic N) is 3. The maximum atomic E-state index is 12.5. The number of hydrogen-bond donors (Lipinski definition) is 1. The lowest BCUT2D eigenvalue weighted by Crippen LogP contribution is -2.23. The molecule has 27 heavy (non-hydrogen) atoms. The first kappa shape index (κ1) is 19.2. The Morgan fingerprint density at radius 3 is 2.74 bits per heavy atom. The van der Waals surface area contributed by atoms with Gasteiger partial charge in [-0.3, -0.25) is 9.69 Å². The maximum Gasteiger partial charge on any atom is 0.347 e. The smallest absolute Gasteiger partial charge is 0.347 e. The molecular formula is C18H13N3O3S3. The zero-order chi connectivity index (χ0) is 19.6. The van der Waals surface area contributed by atoms with Crippen molar-refractivity contribution in [1.29, 1.82) is 5.26 Å². The highest BCUT2D eigenvalue weighted by Crippen LogP contribution is 2.45. The Morgan fingerprint density at radius 2 is 2.07 bits per heavy atom. The number of nitriles is 1. The van der Waals surface area contributed by atoms with Crippen LogP contribution in [0, 0.1) is 11.3 Å². The minimum Gasteiger partial charge on any atom is -0.477 e. The van der Waals surface area contributed by atoms with Gasteiger partial charge < -0.3 is 10.0 Å². The fourth-order valence-corrected chi connectivity index (χ4v) is 4.79. The molecule has 0 saturated carbocycles. The van der Waals surface area contributed by atoms with Gasteiger partial charge in [-0.1, -0.05) is 47.9 Å². The second kappa shape index (κ2) is 8.00. The minimum absolute atomic E-state index is 0.188. The van der Waals surface area contributed by atoms with Crippen molar-refractivity contribution in [1.82, 2.24) is 4.90 Å². The summed E-state index contributed by atoms with van der Waals surface area (Å²) in [6.45, 7) is 2.84. The molecule has 1 saturated heterocycles. The first-order chi connectivity index (χ1) is 13.0. The number of hydrogen-bond acceptors (Lipinski definition) is 7. The predicted molar refractivity (Wildman–Crippen MR) is 110 cm³/mol. The highest BCUT2D eigenvalue weighted by molar-refractivity contribution is 8.26. The molecule has 0 spiro atoms. The van der Waals surface area contributed by atoms with Crippen molar-refractivity contribution in [2.75, 3.05) is 11.4 Å². The van der Waals surface area contributed by atoms with Crippen molar-refractivity contribution >= 4 is 57.6 Å². The number of benzene rings is 1. The summed E-state index contributed by atoms with van der Waals surface area (Å²) in [6, 6.07) is 9.60. The molecule has 0 bridgehead atoms. The van der Waals surface area contributed by atoms with Gasteiger partial charge in [-0.05, 0) is 31.2 Å². The first-order valence-electron chi connectivity index (χ1n) is 7.83. The SMILES string of the molecule is CCN1/C(=C\C=C2\SC(=S)N(/C=C(\C#N)C(=O)O)C2=O)Sc2ccccc21. The van der Waals surface area contributed by atoms with E-state index in [4.69, 9.17) is 22.6 Å². The summed E-state index contributed by atoms with van der Waals surface area (Å²) in [5.74, 6) is -1.85. The van der Waals surface area contributed by atoms with Crippen LogP contribution in [-0.4, -0.2) is 32.7 Å². The summed E-state index contributed by atoms with van der Waals surface area (Å²) < 4.78 is 0.188. The molecule has 136 valence electrons. The van der Waals surface area contributed by atoms with Crippen LogP contribution in [0.5, 0.6) is 0 Å². The number of carboxylic acid groups (broad SMARTS) is 1. The number of amides is 1. The standard InChI is InChI=1S/C18H13N3O3S3/c1-2-20-12-5-3-4-6-13(12)26-15(20)8-7-14-16(22)21(18(25)27-14)10-11(9-19)17(23)24/h3-8,10H,2H2,1H3,(H,23,24)/b11-10+,14-7+,15-8+. The number of thioether (sulfide) groups is 2. The number of aliphatic carboxylic acids is 1. The molecule has 0 radical (unpaired) electrons. The van der Waals surface area contributed by atoms with Gasteiger partial charge in [-0.2, -0.15) is 5.26 Å². The molecule has 2 aliphatic rings. The van der Waals surface area contributed by atoms with E-state index >= 15 is 0 Å². The van der Waals surface area contributed by atoms with Crippen molar-refractivity contribution in [3.05, 3.63) is 58.1 Å². The molecule has 1 fully saturated rings. The Balaban J connectivity index is 1.86. The summed E-state index contributed by atoms with van der Waals surface area (Å²) in [7, 11) is 0. The molecule has 1 aromatic rings. The van der Waals surface area contributed by atoms with E-state index in [9.17, 15) is 9.59 Å². The lowest BCUT2D eigenvalue weighted by atomic mass is 10.3. The topological polar surface area (TPSA) is 84.6 Å². The molecule has 1 aromatic carbocycles. The van der Waals surface area contributed by atoms with E-state index < -0.39 is 17.4 Å². The number of fused-ring (bicyclic) bond motifs is 1. The molecule has 9 heteroatoms. The highest BCUT2D eigenvalue weighted by atomic mass is 32.2. The molecular weight excluding hydrogens is 402 g/mol. The highest BCUT2D eigenvalue weighted by Gasteiger charge is 2.32. The Hall–Kier alpha value is -2.54. The van der Waals surface area contributed by atoms with Crippen LogP contribution in [0.4, 0.5) is 5.69 Å². The van der Waals surface area contributed by atoms with E-state index in [1.54, 1.807) is 23.9 Å². The number of thiocarbonyl (C=S) groups is 1. The second-order valence-electron chi connectivity index (χ2n) is 5.35. The van der Waals surface area contributed by atoms with Gasteiger partial charge in [0.05, 0.1) is 15.6 Å². The van der Waals surface area contributed by atoms with Crippen LogP contribution in [0.1, 0.15) is 6.92 Å². The van der Waals surface area contributed by atoms with E-state index in [0.717, 1.165) is 45.0 Å². The summed E-state index contributed by atoms with van der Waals surface area (Å²) in [5, 5.41) is 18.8. The van der Waals surface area contributed by atoms with E-state index in [-0.39, 0.29) is 4.32 Å². The molecule has 1 N–H and O–H groups in total. The number of carboxylic acids is 1. The Kier molecular flexibility index (Phi) is 5.70. The largest absolute Gasteiger partial charge is 0.477 e. The molecule has 0 unspecified atom stereocenters. The minimum atomic E-state index is -1.41. The van der Waals surface area contributed by atoms with E-state index in [2.05, 4.69) is 11.8 Å². The van der Waals surface area contributed by atoms with Crippen LogP contribution in [0.2, 0.25) is 0 Å². The molecule has 0 atom stereocenters. The fraction of sp³-hybridized carbons (Fsp3) is 0.111. The van der Waals surface area contributed by atoms with Gasteiger partial charge in [0.2, 0.25) is 0 Å². The average Bonchev–Trinajstić information content (AvgIpc) is 3.14. The Morgan fingerprint density at radius 1 is 1.33 bits per heavy atom. The third kappa shape index (κ3) is 3.78. The van der Waals surface area contributed by atoms with E-state index in [1.807, 2.05) is 30.3 Å². The first-order valence-corrected chi connectivity index (χ1v) is 9.87. The van der Waals surface area contributed by atoms with Gasteiger partial charge in [0.15, 0.2) is 9.89 Å². The number of allylic oxidation sites excluding steroid dienone is 2. The van der Waals surface area contributed by atoms with Gasteiger partial charge >= 0.3 is 5.97 Å². The Bertz CT molecular complexity index is 976. The average molecular weight is 416 g/mol. The van der Waals surface area contributed by atoms with Crippen LogP contribution >= 0.6 is 35.7 Å². The maximum absolute atomic E-state index is 12.5. The van der Waals surface area contributed by atoms with Gasteiger partial charge in [-0.25, -0.2) is 4.79 Å². The van der Waals surface area contributed by atoms with Crippen molar-refractivity contribution in [2.45, 2.75) is 11.8 Å². The number of carbonyl (C=O) groups is 2.